The number of amides is 2. The molecule has 0 aliphatic carbocycles. The highest BCUT2D eigenvalue weighted by molar-refractivity contribution is 9.10. The largest absolute Gasteiger partial charge is 0.343 e. The van der Waals surface area contributed by atoms with Crippen LogP contribution in [-0.4, -0.2) is 36.3 Å². The van der Waals surface area contributed by atoms with Crippen LogP contribution < -0.4 is 4.90 Å². The first-order valence-electron chi connectivity index (χ1n) is 7.81. The number of rotatable bonds is 4. The van der Waals surface area contributed by atoms with Gasteiger partial charge < -0.3 is 9.80 Å². The van der Waals surface area contributed by atoms with Crippen molar-refractivity contribution in [2.45, 2.75) is 39.5 Å². The van der Waals surface area contributed by atoms with E-state index in [0.29, 0.717) is 13.0 Å². The second-order valence-electron chi connectivity index (χ2n) is 5.80. The molecule has 5 heteroatoms. The topological polar surface area (TPSA) is 40.6 Å². The number of benzene rings is 1. The number of carbonyl (C=O) groups is 2. The van der Waals surface area contributed by atoms with Crippen LogP contribution in [0.1, 0.15) is 38.2 Å². The van der Waals surface area contributed by atoms with E-state index >= 15 is 0 Å². The second-order valence-corrected chi connectivity index (χ2v) is 6.65. The Morgan fingerprint density at radius 3 is 2.50 bits per heavy atom. The average molecular weight is 367 g/mol. The van der Waals surface area contributed by atoms with Crippen LogP contribution in [0.15, 0.2) is 22.7 Å². The van der Waals surface area contributed by atoms with Crippen molar-refractivity contribution < 1.29 is 9.59 Å². The van der Waals surface area contributed by atoms with Gasteiger partial charge in [0.05, 0.1) is 0 Å². The van der Waals surface area contributed by atoms with Crippen LogP contribution >= 0.6 is 15.9 Å². The van der Waals surface area contributed by atoms with Crippen molar-refractivity contribution >= 4 is 33.4 Å². The first-order valence-corrected chi connectivity index (χ1v) is 8.60. The minimum atomic E-state index is -0.0341. The van der Waals surface area contributed by atoms with E-state index < -0.39 is 0 Å². The van der Waals surface area contributed by atoms with Crippen LogP contribution in [0.4, 0.5) is 5.69 Å². The molecule has 0 N–H and O–H groups in total. The van der Waals surface area contributed by atoms with Crippen molar-refractivity contribution in [3.63, 3.8) is 0 Å². The zero-order valence-electron chi connectivity index (χ0n) is 13.3. The summed E-state index contributed by atoms with van der Waals surface area (Å²) in [5, 5.41) is 0. The van der Waals surface area contributed by atoms with Crippen molar-refractivity contribution in [2.24, 2.45) is 0 Å². The number of hydrogen-bond donors (Lipinski definition) is 0. The number of hydrogen-bond acceptors (Lipinski definition) is 2. The molecule has 0 spiro atoms. The van der Waals surface area contributed by atoms with Crippen LogP contribution in [-0.2, 0) is 9.59 Å². The van der Waals surface area contributed by atoms with Gasteiger partial charge in [-0.05, 0) is 49.9 Å². The molecule has 2 amide bonds. The molecule has 120 valence electrons. The van der Waals surface area contributed by atoms with E-state index in [2.05, 4.69) is 15.9 Å². The Labute approximate surface area is 140 Å². The highest BCUT2D eigenvalue weighted by atomic mass is 79.9. The minimum absolute atomic E-state index is 0.0341. The van der Waals surface area contributed by atoms with Crippen molar-refractivity contribution in [1.82, 2.24) is 4.90 Å². The quantitative estimate of drug-likeness (QED) is 0.817. The van der Waals surface area contributed by atoms with Gasteiger partial charge in [0, 0.05) is 43.1 Å². The molecule has 0 saturated carbocycles. The lowest BCUT2D eigenvalue weighted by Gasteiger charge is -2.28. The Balaban J connectivity index is 2.01. The number of anilines is 1. The molecule has 0 aromatic heterocycles. The SMILES string of the molecule is CC(=O)N(CCC(=O)N1CCCCC1)c1ccc(Br)c(C)c1. The van der Waals surface area contributed by atoms with E-state index in [9.17, 15) is 9.59 Å². The standard InChI is InChI=1S/C17H23BrN2O2/c1-13-12-15(6-7-16(13)18)20(14(2)21)11-8-17(22)19-9-4-3-5-10-19/h6-7,12H,3-5,8-11H2,1-2H3. The lowest BCUT2D eigenvalue weighted by Crippen LogP contribution is -2.38. The fourth-order valence-electron chi connectivity index (χ4n) is 2.77. The van der Waals surface area contributed by atoms with Crippen LogP contribution in [0, 0.1) is 6.92 Å². The van der Waals surface area contributed by atoms with E-state index in [-0.39, 0.29) is 11.8 Å². The molecule has 1 aliphatic rings. The predicted molar refractivity (Wildman–Crippen MR) is 92.0 cm³/mol. The van der Waals surface area contributed by atoms with Gasteiger partial charge in [0.15, 0.2) is 0 Å². The zero-order chi connectivity index (χ0) is 16.1. The maximum atomic E-state index is 12.3. The fourth-order valence-corrected chi connectivity index (χ4v) is 3.02. The van der Waals surface area contributed by atoms with Gasteiger partial charge in [-0.1, -0.05) is 15.9 Å². The van der Waals surface area contributed by atoms with Gasteiger partial charge in [-0.25, -0.2) is 0 Å². The number of piperidine rings is 1. The lowest BCUT2D eigenvalue weighted by atomic mass is 10.1. The molecule has 4 nitrogen and oxygen atoms in total. The second kappa shape index (κ2) is 7.77. The molecule has 1 heterocycles. The Kier molecular flexibility index (Phi) is 6.00. The van der Waals surface area contributed by atoms with E-state index in [1.54, 1.807) is 11.8 Å². The number of nitrogens with zero attached hydrogens (tertiary/aromatic N) is 2. The van der Waals surface area contributed by atoms with E-state index in [4.69, 9.17) is 0 Å². The normalized spacial score (nSPS) is 14.8. The van der Waals surface area contributed by atoms with Gasteiger partial charge in [-0.3, -0.25) is 9.59 Å². The summed E-state index contributed by atoms with van der Waals surface area (Å²) in [6, 6.07) is 5.81. The molecule has 22 heavy (non-hydrogen) atoms. The third kappa shape index (κ3) is 4.32. The monoisotopic (exact) mass is 366 g/mol. The Bertz CT molecular complexity index is 554. The summed E-state index contributed by atoms with van der Waals surface area (Å²) < 4.78 is 1.02. The van der Waals surface area contributed by atoms with E-state index in [0.717, 1.165) is 41.7 Å². The smallest absolute Gasteiger partial charge is 0.224 e. The summed E-state index contributed by atoms with van der Waals surface area (Å²) in [5.41, 5.74) is 1.92. The molecule has 1 aliphatic heterocycles. The summed E-state index contributed by atoms with van der Waals surface area (Å²) >= 11 is 3.47. The third-order valence-corrected chi connectivity index (χ3v) is 4.98. The minimum Gasteiger partial charge on any atom is -0.343 e. The molecule has 0 bridgehead atoms. The molecule has 2 rings (SSSR count). The Hall–Kier alpha value is -1.36. The molecule has 0 atom stereocenters. The number of halogens is 1. The number of aryl methyl sites for hydroxylation is 1. The van der Waals surface area contributed by atoms with Crippen LogP contribution in [0.2, 0.25) is 0 Å². The highest BCUT2D eigenvalue weighted by Gasteiger charge is 2.19. The first-order chi connectivity index (χ1) is 10.5. The predicted octanol–water partition coefficient (Wildman–Crippen LogP) is 3.51. The molecular weight excluding hydrogens is 344 g/mol. The zero-order valence-corrected chi connectivity index (χ0v) is 14.9. The van der Waals surface area contributed by atoms with Gasteiger partial charge in [0.2, 0.25) is 11.8 Å². The van der Waals surface area contributed by atoms with Crippen molar-refractivity contribution in [3.05, 3.63) is 28.2 Å². The van der Waals surface area contributed by atoms with Crippen molar-refractivity contribution in [1.29, 1.82) is 0 Å². The summed E-state index contributed by atoms with van der Waals surface area (Å²) in [6.45, 7) is 5.69. The average Bonchev–Trinajstić information content (AvgIpc) is 2.51. The summed E-state index contributed by atoms with van der Waals surface area (Å²) in [6.07, 6.45) is 3.78. The van der Waals surface area contributed by atoms with Crippen molar-refractivity contribution in [2.75, 3.05) is 24.5 Å². The van der Waals surface area contributed by atoms with Gasteiger partial charge >= 0.3 is 0 Å². The maximum Gasteiger partial charge on any atom is 0.224 e. The maximum absolute atomic E-state index is 12.3. The molecule has 0 unspecified atom stereocenters. The lowest BCUT2D eigenvalue weighted by molar-refractivity contribution is -0.131. The Morgan fingerprint density at radius 2 is 1.91 bits per heavy atom. The summed E-state index contributed by atoms with van der Waals surface area (Å²) in [4.78, 5) is 27.8. The van der Waals surface area contributed by atoms with E-state index in [1.165, 1.54) is 6.42 Å². The Morgan fingerprint density at radius 1 is 1.23 bits per heavy atom. The number of likely N-dealkylation sites (tertiary alicyclic amines) is 1. The van der Waals surface area contributed by atoms with Gasteiger partial charge in [0.1, 0.15) is 0 Å². The van der Waals surface area contributed by atoms with Gasteiger partial charge in [-0.15, -0.1) is 0 Å². The van der Waals surface area contributed by atoms with Gasteiger partial charge in [0.25, 0.3) is 0 Å². The van der Waals surface area contributed by atoms with Crippen LogP contribution in [0.25, 0.3) is 0 Å². The first kappa shape index (κ1) is 17.0. The van der Waals surface area contributed by atoms with E-state index in [1.807, 2.05) is 30.0 Å². The third-order valence-electron chi connectivity index (χ3n) is 4.09. The highest BCUT2D eigenvalue weighted by Crippen LogP contribution is 2.23. The molecular formula is C17H23BrN2O2. The molecule has 1 fully saturated rings. The fraction of sp³-hybridized carbons (Fsp3) is 0.529. The molecule has 0 radical (unpaired) electrons. The van der Waals surface area contributed by atoms with Crippen molar-refractivity contribution in [3.8, 4) is 0 Å². The molecule has 1 aromatic rings. The summed E-state index contributed by atoms with van der Waals surface area (Å²) in [7, 11) is 0. The van der Waals surface area contributed by atoms with Gasteiger partial charge in [-0.2, -0.15) is 0 Å². The number of carbonyl (C=O) groups excluding carboxylic acids is 2. The van der Waals surface area contributed by atoms with Crippen LogP contribution in [0.3, 0.4) is 0 Å². The summed E-state index contributed by atoms with van der Waals surface area (Å²) in [5.74, 6) is 0.118. The molecule has 1 aromatic carbocycles. The van der Waals surface area contributed by atoms with Crippen LogP contribution in [0.5, 0.6) is 0 Å². The molecule has 1 saturated heterocycles.